The molecule has 7 nitrogen and oxygen atoms in total. The molecule has 0 saturated carbocycles. The lowest BCUT2D eigenvalue weighted by Crippen LogP contribution is -2.13. The second kappa shape index (κ2) is 9.35. The first-order chi connectivity index (χ1) is 17.3. The van der Waals surface area contributed by atoms with Gasteiger partial charge in [0.2, 0.25) is 5.56 Å². The summed E-state index contributed by atoms with van der Waals surface area (Å²) in [5, 5.41) is 3.79. The van der Waals surface area contributed by atoms with E-state index in [4.69, 9.17) is 0 Å². The summed E-state index contributed by atoms with van der Waals surface area (Å²) in [4.78, 5) is 35.8. The molecule has 1 amide bonds. The summed E-state index contributed by atoms with van der Waals surface area (Å²) in [6, 6.07) is 16.4. The predicted octanol–water partition coefficient (Wildman–Crippen LogP) is 4.69. The van der Waals surface area contributed by atoms with E-state index in [1.54, 1.807) is 18.6 Å². The third-order valence-electron chi connectivity index (χ3n) is 5.74. The normalized spacial score (nSPS) is 10.6. The van der Waals surface area contributed by atoms with Crippen molar-refractivity contribution in [3.8, 4) is 17.5 Å². The average molecular weight is 474 g/mol. The largest absolute Gasteiger partial charge is 0.322 e. The van der Waals surface area contributed by atoms with Gasteiger partial charge in [0.25, 0.3) is 5.91 Å². The van der Waals surface area contributed by atoms with Crippen LogP contribution in [0.1, 0.15) is 38.3 Å². The van der Waals surface area contributed by atoms with Gasteiger partial charge in [-0.2, -0.15) is 0 Å². The van der Waals surface area contributed by atoms with Crippen LogP contribution in [0, 0.1) is 32.6 Å². The topological polar surface area (TPSA) is 92.7 Å². The molecule has 2 aromatic carbocycles. The molecule has 0 aliphatic rings. The van der Waals surface area contributed by atoms with E-state index in [9.17, 15) is 9.59 Å². The lowest BCUT2D eigenvalue weighted by Gasteiger charge is -2.10. The summed E-state index contributed by atoms with van der Waals surface area (Å²) >= 11 is 0. The van der Waals surface area contributed by atoms with Gasteiger partial charge in [-0.1, -0.05) is 17.9 Å². The summed E-state index contributed by atoms with van der Waals surface area (Å²) in [5.74, 6) is 6.11. The van der Waals surface area contributed by atoms with Gasteiger partial charge in [0, 0.05) is 51.9 Å². The van der Waals surface area contributed by atoms with Gasteiger partial charge in [0.05, 0.1) is 12.0 Å². The zero-order valence-corrected chi connectivity index (χ0v) is 20.1. The van der Waals surface area contributed by atoms with Crippen LogP contribution < -0.4 is 10.9 Å². The standard InChI is InChI=1S/C29H23N5O2/c1-18-10-24(14-26(11-18)34-16-20(3)31-17-34)29(36)32-25-8-4-19(2)22(13-25)6-5-21-12-23-7-9-27(35)33-28(23)30-15-21/h4,7-17H,1-3H3,(H,32,36)(H,30,33,35). The Morgan fingerprint density at radius 1 is 0.972 bits per heavy atom. The van der Waals surface area contributed by atoms with Crippen molar-refractivity contribution in [1.29, 1.82) is 0 Å². The maximum absolute atomic E-state index is 13.1. The average Bonchev–Trinajstić information content (AvgIpc) is 3.30. The zero-order chi connectivity index (χ0) is 25.2. The molecule has 0 atom stereocenters. The van der Waals surface area contributed by atoms with Gasteiger partial charge in [-0.15, -0.1) is 0 Å². The molecule has 5 aromatic rings. The Balaban J connectivity index is 1.39. The van der Waals surface area contributed by atoms with E-state index in [1.165, 1.54) is 6.07 Å². The number of benzene rings is 2. The molecule has 0 unspecified atom stereocenters. The van der Waals surface area contributed by atoms with Crippen LogP contribution in [0.5, 0.6) is 0 Å². The van der Waals surface area contributed by atoms with Crippen molar-refractivity contribution < 1.29 is 4.79 Å². The lowest BCUT2D eigenvalue weighted by molar-refractivity contribution is 0.102. The predicted molar refractivity (Wildman–Crippen MR) is 141 cm³/mol. The molecule has 2 N–H and O–H groups in total. The Kier molecular flexibility index (Phi) is 5.93. The van der Waals surface area contributed by atoms with Crippen LogP contribution in [0.3, 0.4) is 0 Å². The van der Waals surface area contributed by atoms with Crippen molar-refractivity contribution in [3.63, 3.8) is 0 Å². The first-order valence-corrected chi connectivity index (χ1v) is 11.4. The number of amides is 1. The van der Waals surface area contributed by atoms with E-state index in [2.05, 4.69) is 32.1 Å². The van der Waals surface area contributed by atoms with Gasteiger partial charge in [-0.25, -0.2) is 9.97 Å². The summed E-state index contributed by atoms with van der Waals surface area (Å²) in [5.41, 5.74) is 6.83. The molecule has 176 valence electrons. The fourth-order valence-electron chi connectivity index (χ4n) is 3.89. The monoisotopic (exact) mass is 473 g/mol. The minimum Gasteiger partial charge on any atom is -0.322 e. The van der Waals surface area contributed by atoms with Gasteiger partial charge in [-0.3, -0.25) is 9.59 Å². The van der Waals surface area contributed by atoms with Crippen LogP contribution in [0.2, 0.25) is 0 Å². The van der Waals surface area contributed by atoms with Crippen LogP contribution in [0.4, 0.5) is 5.69 Å². The Labute approximate surface area is 207 Å². The number of pyridine rings is 2. The summed E-state index contributed by atoms with van der Waals surface area (Å²) in [6.45, 7) is 5.86. The molecule has 0 spiro atoms. The molecule has 36 heavy (non-hydrogen) atoms. The van der Waals surface area contributed by atoms with Crippen LogP contribution in [0.15, 0.2) is 78.1 Å². The van der Waals surface area contributed by atoms with Crippen molar-refractivity contribution in [2.75, 3.05) is 5.32 Å². The number of carbonyl (C=O) groups excluding carboxylic acids is 1. The highest BCUT2D eigenvalue weighted by atomic mass is 16.1. The quantitative estimate of drug-likeness (QED) is 0.372. The Bertz CT molecular complexity index is 1750. The lowest BCUT2D eigenvalue weighted by atomic mass is 10.1. The fraction of sp³-hybridized carbons (Fsp3) is 0.103. The van der Waals surface area contributed by atoms with E-state index in [1.807, 2.05) is 74.0 Å². The van der Waals surface area contributed by atoms with E-state index in [0.29, 0.717) is 16.9 Å². The molecular weight excluding hydrogens is 450 g/mol. The van der Waals surface area contributed by atoms with Crippen molar-refractivity contribution >= 4 is 22.6 Å². The van der Waals surface area contributed by atoms with Gasteiger partial charge in [0.15, 0.2) is 0 Å². The molecule has 5 rings (SSSR count). The number of nitrogens with zero attached hydrogens (tertiary/aromatic N) is 3. The summed E-state index contributed by atoms with van der Waals surface area (Å²) in [6.07, 6.45) is 5.29. The maximum Gasteiger partial charge on any atom is 0.255 e. The molecule has 7 heteroatoms. The van der Waals surface area contributed by atoms with E-state index in [-0.39, 0.29) is 11.5 Å². The van der Waals surface area contributed by atoms with Crippen LogP contribution in [-0.4, -0.2) is 25.4 Å². The number of H-pyrrole nitrogens is 1. The van der Waals surface area contributed by atoms with Gasteiger partial charge < -0.3 is 14.9 Å². The smallest absolute Gasteiger partial charge is 0.255 e. The van der Waals surface area contributed by atoms with Crippen molar-refractivity contribution in [1.82, 2.24) is 19.5 Å². The number of aryl methyl sites for hydroxylation is 3. The number of imidazole rings is 1. The number of hydrogen-bond donors (Lipinski definition) is 2. The summed E-state index contributed by atoms with van der Waals surface area (Å²) in [7, 11) is 0. The Morgan fingerprint density at radius 3 is 2.64 bits per heavy atom. The number of rotatable bonds is 3. The SMILES string of the molecule is Cc1cc(C(=O)Nc2ccc(C)c(C#Cc3cnc4[nH]c(=O)ccc4c3)c2)cc(-n2cnc(C)c2)c1. The fourth-order valence-corrected chi connectivity index (χ4v) is 3.89. The third kappa shape index (κ3) is 4.93. The highest BCUT2D eigenvalue weighted by Gasteiger charge is 2.10. The minimum absolute atomic E-state index is 0.193. The number of aromatic nitrogens is 4. The second-order valence-electron chi connectivity index (χ2n) is 8.70. The zero-order valence-electron chi connectivity index (χ0n) is 20.1. The highest BCUT2D eigenvalue weighted by molar-refractivity contribution is 6.04. The first-order valence-electron chi connectivity index (χ1n) is 11.4. The van der Waals surface area contributed by atoms with E-state index >= 15 is 0 Å². The van der Waals surface area contributed by atoms with Crippen LogP contribution in [-0.2, 0) is 0 Å². The molecule has 0 bridgehead atoms. The minimum atomic E-state index is -0.202. The second-order valence-corrected chi connectivity index (χ2v) is 8.70. The van der Waals surface area contributed by atoms with E-state index < -0.39 is 0 Å². The van der Waals surface area contributed by atoms with E-state index in [0.717, 1.165) is 39.0 Å². The molecule has 0 aliphatic carbocycles. The molecule has 3 aromatic heterocycles. The highest BCUT2D eigenvalue weighted by Crippen LogP contribution is 2.19. The van der Waals surface area contributed by atoms with Crippen LogP contribution >= 0.6 is 0 Å². The van der Waals surface area contributed by atoms with Gasteiger partial charge in [-0.05, 0) is 74.4 Å². The molecule has 0 aliphatic heterocycles. The number of nitrogens with one attached hydrogen (secondary N) is 2. The number of carbonyl (C=O) groups is 1. The maximum atomic E-state index is 13.1. The molecule has 3 heterocycles. The van der Waals surface area contributed by atoms with Gasteiger partial charge in [0.1, 0.15) is 5.65 Å². The number of anilines is 1. The van der Waals surface area contributed by atoms with Crippen molar-refractivity contribution in [2.45, 2.75) is 20.8 Å². The summed E-state index contributed by atoms with van der Waals surface area (Å²) < 4.78 is 1.90. The number of fused-ring (bicyclic) bond motifs is 1. The number of hydrogen-bond acceptors (Lipinski definition) is 4. The molecule has 0 fully saturated rings. The molecule has 0 radical (unpaired) electrons. The third-order valence-corrected chi connectivity index (χ3v) is 5.74. The molecule has 0 saturated heterocycles. The van der Waals surface area contributed by atoms with Crippen molar-refractivity contribution in [3.05, 3.63) is 117 Å². The van der Waals surface area contributed by atoms with Crippen LogP contribution in [0.25, 0.3) is 16.7 Å². The first kappa shape index (κ1) is 22.8. The molecular formula is C29H23N5O2. The van der Waals surface area contributed by atoms with Crippen molar-refractivity contribution in [2.24, 2.45) is 0 Å². The Morgan fingerprint density at radius 2 is 1.83 bits per heavy atom. The Hall–Kier alpha value is -4.96. The van der Waals surface area contributed by atoms with Gasteiger partial charge >= 0.3 is 0 Å². The number of aromatic amines is 1.